The first-order chi connectivity index (χ1) is 7.99. The molecule has 0 amide bonds. The molecular formula is C13H20ClFN2. The van der Waals surface area contributed by atoms with Gasteiger partial charge >= 0.3 is 0 Å². The predicted molar refractivity (Wildman–Crippen MR) is 70.9 cm³/mol. The zero-order valence-electron chi connectivity index (χ0n) is 10.4. The van der Waals surface area contributed by atoms with Crippen LogP contribution in [0.15, 0.2) is 18.2 Å². The van der Waals surface area contributed by atoms with Crippen LogP contribution < -0.4 is 5.73 Å². The molecular weight excluding hydrogens is 239 g/mol. The molecule has 1 rings (SSSR count). The number of benzene rings is 1. The summed E-state index contributed by atoms with van der Waals surface area (Å²) in [4.78, 5) is 2.16. The zero-order valence-corrected chi connectivity index (χ0v) is 11.2. The van der Waals surface area contributed by atoms with Gasteiger partial charge in [-0.25, -0.2) is 4.39 Å². The summed E-state index contributed by atoms with van der Waals surface area (Å²) in [5, 5.41) is 0.583. The van der Waals surface area contributed by atoms with Crippen LogP contribution in [0.4, 0.5) is 4.39 Å². The molecule has 0 spiro atoms. The summed E-state index contributed by atoms with van der Waals surface area (Å²) in [5.74, 6) is -0.185. The quantitative estimate of drug-likeness (QED) is 0.850. The van der Waals surface area contributed by atoms with Crippen molar-refractivity contribution in [1.29, 1.82) is 0 Å². The lowest BCUT2D eigenvalue weighted by atomic mass is 10.1. The van der Waals surface area contributed by atoms with Gasteiger partial charge in [0.25, 0.3) is 0 Å². The molecule has 1 aromatic rings. The third kappa shape index (κ3) is 5.48. The molecule has 0 bridgehead atoms. The van der Waals surface area contributed by atoms with E-state index >= 15 is 0 Å². The second-order valence-corrected chi connectivity index (χ2v) is 4.99. The predicted octanol–water partition coefficient (Wildman–Crippen LogP) is 2.69. The van der Waals surface area contributed by atoms with E-state index in [0.29, 0.717) is 17.0 Å². The Kier molecular flexibility index (Phi) is 5.89. The third-order valence-electron chi connectivity index (χ3n) is 2.74. The summed E-state index contributed by atoms with van der Waals surface area (Å²) in [6.07, 6.45) is 1.62. The van der Waals surface area contributed by atoms with Gasteiger partial charge in [-0.2, -0.15) is 0 Å². The summed E-state index contributed by atoms with van der Waals surface area (Å²) < 4.78 is 13.4. The summed E-state index contributed by atoms with van der Waals surface area (Å²) in [5.41, 5.74) is 6.36. The van der Waals surface area contributed by atoms with Crippen LogP contribution in [0.1, 0.15) is 18.9 Å². The second kappa shape index (κ2) is 6.94. The Morgan fingerprint density at radius 3 is 2.76 bits per heavy atom. The lowest BCUT2D eigenvalue weighted by Crippen LogP contribution is -2.27. The Balaban J connectivity index is 2.41. The first kappa shape index (κ1) is 14.4. The van der Waals surface area contributed by atoms with Crippen molar-refractivity contribution in [2.75, 3.05) is 20.1 Å². The highest BCUT2D eigenvalue weighted by molar-refractivity contribution is 6.30. The van der Waals surface area contributed by atoms with Crippen molar-refractivity contribution in [2.24, 2.45) is 5.73 Å². The molecule has 96 valence electrons. The SMILES string of the molecule is CC(N)CCN(C)CCc1cc(Cl)ccc1F. The molecule has 0 aliphatic rings. The average Bonchev–Trinajstić information content (AvgIpc) is 2.27. The van der Waals surface area contributed by atoms with E-state index in [1.807, 2.05) is 14.0 Å². The number of likely N-dealkylation sites (N-methyl/N-ethyl adjacent to an activating group) is 1. The van der Waals surface area contributed by atoms with Crippen LogP contribution in [0, 0.1) is 5.82 Å². The van der Waals surface area contributed by atoms with E-state index in [1.165, 1.54) is 6.07 Å². The minimum Gasteiger partial charge on any atom is -0.328 e. The standard InChI is InChI=1S/C13H20ClFN2/c1-10(16)5-7-17(2)8-6-11-9-12(14)3-4-13(11)15/h3-4,9-10H,5-8,16H2,1-2H3. The number of rotatable bonds is 6. The van der Waals surface area contributed by atoms with Crippen molar-refractivity contribution < 1.29 is 4.39 Å². The molecule has 0 saturated carbocycles. The normalized spacial score (nSPS) is 13.1. The maximum Gasteiger partial charge on any atom is 0.126 e. The Bertz CT molecular complexity index is 355. The first-order valence-corrected chi connectivity index (χ1v) is 6.25. The Hall–Kier alpha value is -0.640. The van der Waals surface area contributed by atoms with Crippen molar-refractivity contribution in [2.45, 2.75) is 25.8 Å². The van der Waals surface area contributed by atoms with Gasteiger partial charge in [-0.15, -0.1) is 0 Å². The molecule has 1 unspecified atom stereocenters. The fraction of sp³-hybridized carbons (Fsp3) is 0.538. The molecule has 0 aliphatic carbocycles. The van der Waals surface area contributed by atoms with Crippen molar-refractivity contribution in [3.63, 3.8) is 0 Å². The molecule has 0 heterocycles. The number of nitrogens with two attached hydrogens (primary N) is 1. The lowest BCUT2D eigenvalue weighted by molar-refractivity contribution is 0.323. The molecule has 0 radical (unpaired) electrons. The minimum atomic E-state index is -0.185. The fourth-order valence-corrected chi connectivity index (χ4v) is 1.78. The van der Waals surface area contributed by atoms with E-state index in [9.17, 15) is 4.39 Å². The highest BCUT2D eigenvalue weighted by Crippen LogP contribution is 2.15. The maximum absolute atomic E-state index is 13.4. The second-order valence-electron chi connectivity index (χ2n) is 4.55. The van der Waals surface area contributed by atoms with E-state index < -0.39 is 0 Å². The van der Waals surface area contributed by atoms with Gasteiger partial charge < -0.3 is 10.6 Å². The van der Waals surface area contributed by atoms with Gasteiger partial charge in [0.05, 0.1) is 0 Å². The van der Waals surface area contributed by atoms with Crippen LogP contribution >= 0.6 is 11.6 Å². The topological polar surface area (TPSA) is 29.3 Å². The molecule has 17 heavy (non-hydrogen) atoms. The van der Waals surface area contributed by atoms with Gasteiger partial charge in [-0.05, 0) is 57.1 Å². The van der Waals surface area contributed by atoms with E-state index in [4.69, 9.17) is 17.3 Å². The molecule has 4 heteroatoms. The summed E-state index contributed by atoms with van der Waals surface area (Å²) in [7, 11) is 2.02. The smallest absolute Gasteiger partial charge is 0.126 e. The summed E-state index contributed by atoms with van der Waals surface area (Å²) in [6, 6.07) is 4.89. The van der Waals surface area contributed by atoms with Gasteiger partial charge in [0.1, 0.15) is 5.82 Å². The monoisotopic (exact) mass is 258 g/mol. The Labute approximate surface area is 108 Å². The Morgan fingerprint density at radius 2 is 2.12 bits per heavy atom. The average molecular weight is 259 g/mol. The van der Waals surface area contributed by atoms with Crippen molar-refractivity contribution >= 4 is 11.6 Å². The van der Waals surface area contributed by atoms with Gasteiger partial charge in [0.2, 0.25) is 0 Å². The Morgan fingerprint density at radius 1 is 1.41 bits per heavy atom. The van der Waals surface area contributed by atoms with E-state index in [2.05, 4.69) is 4.90 Å². The third-order valence-corrected chi connectivity index (χ3v) is 2.97. The van der Waals surface area contributed by atoms with Crippen LogP contribution in [0.25, 0.3) is 0 Å². The van der Waals surface area contributed by atoms with Crippen LogP contribution in [-0.4, -0.2) is 31.1 Å². The minimum absolute atomic E-state index is 0.185. The van der Waals surface area contributed by atoms with E-state index in [0.717, 1.165) is 19.5 Å². The lowest BCUT2D eigenvalue weighted by Gasteiger charge is -2.17. The molecule has 0 aliphatic heterocycles. The fourth-order valence-electron chi connectivity index (χ4n) is 1.58. The van der Waals surface area contributed by atoms with Gasteiger partial charge in [-0.1, -0.05) is 11.6 Å². The number of nitrogens with zero attached hydrogens (tertiary/aromatic N) is 1. The van der Waals surface area contributed by atoms with E-state index in [1.54, 1.807) is 12.1 Å². The number of halogens is 2. The first-order valence-electron chi connectivity index (χ1n) is 5.87. The van der Waals surface area contributed by atoms with E-state index in [-0.39, 0.29) is 11.9 Å². The molecule has 1 aromatic carbocycles. The molecule has 2 N–H and O–H groups in total. The molecule has 0 fully saturated rings. The van der Waals surface area contributed by atoms with Gasteiger partial charge in [0, 0.05) is 17.6 Å². The number of hydrogen-bond donors (Lipinski definition) is 1. The highest BCUT2D eigenvalue weighted by atomic mass is 35.5. The molecule has 0 saturated heterocycles. The summed E-state index contributed by atoms with van der Waals surface area (Å²) in [6.45, 7) is 3.73. The van der Waals surface area contributed by atoms with Crippen molar-refractivity contribution in [3.8, 4) is 0 Å². The number of hydrogen-bond acceptors (Lipinski definition) is 2. The van der Waals surface area contributed by atoms with Gasteiger partial charge in [0.15, 0.2) is 0 Å². The van der Waals surface area contributed by atoms with Crippen LogP contribution in [0.3, 0.4) is 0 Å². The van der Waals surface area contributed by atoms with Crippen LogP contribution in [0.2, 0.25) is 5.02 Å². The molecule has 2 nitrogen and oxygen atoms in total. The highest BCUT2D eigenvalue weighted by Gasteiger charge is 2.05. The maximum atomic E-state index is 13.4. The van der Waals surface area contributed by atoms with Crippen molar-refractivity contribution in [1.82, 2.24) is 4.90 Å². The van der Waals surface area contributed by atoms with Crippen molar-refractivity contribution in [3.05, 3.63) is 34.6 Å². The zero-order chi connectivity index (χ0) is 12.8. The molecule has 0 aromatic heterocycles. The summed E-state index contributed by atoms with van der Waals surface area (Å²) >= 11 is 5.84. The van der Waals surface area contributed by atoms with Crippen LogP contribution in [-0.2, 0) is 6.42 Å². The van der Waals surface area contributed by atoms with Crippen LogP contribution in [0.5, 0.6) is 0 Å². The largest absolute Gasteiger partial charge is 0.328 e. The van der Waals surface area contributed by atoms with Gasteiger partial charge in [-0.3, -0.25) is 0 Å². The molecule has 1 atom stereocenters.